The number of rotatable bonds is 2. The lowest BCUT2D eigenvalue weighted by Crippen LogP contribution is -2.39. The van der Waals surface area contributed by atoms with Gasteiger partial charge in [0.15, 0.2) is 11.4 Å². The van der Waals surface area contributed by atoms with Gasteiger partial charge in [-0.1, -0.05) is 30.3 Å². The number of fused-ring (bicyclic) bond motifs is 3. The van der Waals surface area contributed by atoms with Gasteiger partial charge in [0.25, 0.3) is 0 Å². The Kier molecular flexibility index (Phi) is 3.28. The number of benzene rings is 1. The zero-order chi connectivity index (χ0) is 17.0. The Morgan fingerprint density at radius 3 is 2.52 bits per heavy atom. The van der Waals surface area contributed by atoms with Gasteiger partial charge in [-0.3, -0.25) is 0 Å². The summed E-state index contributed by atoms with van der Waals surface area (Å²) >= 11 is 0. The molecule has 0 aliphatic carbocycles. The molecule has 2 aliphatic rings. The number of nitrogens with zero attached hydrogens (tertiary/aromatic N) is 4. The Bertz CT molecular complexity index is 924. The summed E-state index contributed by atoms with van der Waals surface area (Å²) in [4.78, 5) is 0. The zero-order valence-corrected chi connectivity index (χ0v) is 14.2. The fraction of sp³-hybridized carbons (Fsp3) is 0.421. The quantitative estimate of drug-likeness (QED) is 0.753. The van der Waals surface area contributed by atoms with Crippen LogP contribution in [0.25, 0.3) is 22.3 Å². The summed E-state index contributed by atoms with van der Waals surface area (Å²) in [5.74, 6) is 0.178. The smallest absolute Gasteiger partial charge is 0.184 e. The van der Waals surface area contributed by atoms with E-state index in [1.54, 1.807) is 0 Å². The van der Waals surface area contributed by atoms with Crippen LogP contribution in [0.3, 0.4) is 0 Å². The molecule has 6 nitrogen and oxygen atoms in total. The van der Waals surface area contributed by atoms with Crippen LogP contribution in [0.2, 0.25) is 0 Å². The molecule has 0 amide bonds. The normalized spacial score (nSPS) is 25.6. The molecule has 2 saturated heterocycles. The highest BCUT2D eigenvalue weighted by atomic mass is 16.3. The predicted molar refractivity (Wildman–Crippen MR) is 95.4 cm³/mol. The van der Waals surface area contributed by atoms with Gasteiger partial charge in [-0.15, -0.1) is 10.2 Å². The lowest BCUT2D eigenvalue weighted by atomic mass is 10.00. The van der Waals surface area contributed by atoms with E-state index in [2.05, 4.69) is 15.5 Å². The Balaban J connectivity index is 1.62. The standard InChI is InChI=1S/C19H21N5O/c1-11-16-18(25)17(12-5-3-2-4-6-12)21-22-19(16)24(23-11)15-9-13-7-8-14(10-15)20-13/h2-6,13-15,20H,7-10H2,1H3,(H,22,25)/t13-,14+,15-. The van der Waals surface area contributed by atoms with Gasteiger partial charge in [0.05, 0.1) is 17.1 Å². The van der Waals surface area contributed by atoms with Crippen LogP contribution in [-0.2, 0) is 0 Å². The summed E-state index contributed by atoms with van der Waals surface area (Å²) < 4.78 is 2.00. The molecule has 0 saturated carbocycles. The molecule has 128 valence electrons. The molecule has 6 heteroatoms. The van der Waals surface area contributed by atoms with Crippen molar-refractivity contribution in [1.82, 2.24) is 25.3 Å². The van der Waals surface area contributed by atoms with Gasteiger partial charge in [0, 0.05) is 17.6 Å². The Hall–Kier alpha value is -2.47. The van der Waals surface area contributed by atoms with Crippen LogP contribution in [0.4, 0.5) is 0 Å². The monoisotopic (exact) mass is 335 g/mol. The van der Waals surface area contributed by atoms with E-state index >= 15 is 0 Å². The molecule has 3 aromatic rings. The van der Waals surface area contributed by atoms with Crippen LogP contribution in [0.5, 0.6) is 5.75 Å². The highest BCUT2D eigenvalue weighted by molar-refractivity contribution is 5.90. The third-order valence-corrected chi connectivity index (χ3v) is 5.61. The van der Waals surface area contributed by atoms with E-state index in [0.717, 1.165) is 29.5 Å². The lowest BCUT2D eigenvalue weighted by Gasteiger charge is -2.29. The maximum absolute atomic E-state index is 10.8. The Morgan fingerprint density at radius 2 is 1.80 bits per heavy atom. The second-order valence-corrected chi connectivity index (χ2v) is 7.25. The van der Waals surface area contributed by atoms with E-state index in [4.69, 9.17) is 5.10 Å². The summed E-state index contributed by atoms with van der Waals surface area (Å²) in [7, 11) is 0. The topological polar surface area (TPSA) is 75.9 Å². The van der Waals surface area contributed by atoms with Crippen molar-refractivity contribution in [3.63, 3.8) is 0 Å². The molecule has 2 bridgehead atoms. The van der Waals surface area contributed by atoms with Crippen LogP contribution in [0, 0.1) is 6.92 Å². The second kappa shape index (κ2) is 5.52. The SMILES string of the molecule is Cc1nn([C@@H]2C[C@H]3CC[C@@H](C2)N3)c2nnc(-c3ccccc3)c(O)c12. The molecule has 0 unspecified atom stereocenters. The maximum atomic E-state index is 10.8. The van der Waals surface area contributed by atoms with E-state index in [9.17, 15) is 5.11 Å². The van der Waals surface area contributed by atoms with Crippen molar-refractivity contribution in [2.45, 2.75) is 50.7 Å². The number of piperidine rings is 1. The maximum Gasteiger partial charge on any atom is 0.184 e. The van der Waals surface area contributed by atoms with Gasteiger partial charge < -0.3 is 10.4 Å². The number of aromatic hydroxyl groups is 1. The van der Waals surface area contributed by atoms with Crippen LogP contribution in [0.15, 0.2) is 30.3 Å². The van der Waals surface area contributed by atoms with Gasteiger partial charge in [-0.25, -0.2) is 4.68 Å². The molecule has 4 heterocycles. The van der Waals surface area contributed by atoms with E-state index in [1.807, 2.05) is 41.9 Å². The van der Waals surface area contributed by atoms with E-state index in [0.29, 0.717) is 29.5 Å². The number of hydrogen-bond donors (Lipinski definition) is 2. The van der Waals surface area contributed by atoms with Crippen molar-refractivity contribution in [2.75, 3.05) is 0 Å². The molecular weight excluding hydrogens is 314 g/mol. The highest BCUT2D eigenvalue weighted by Gasteiger charge is 2.36. The molecular formula is C19H21N5O. The fourth-order valence-corrected chi connectivity index (χ4v) is 4.44. The number of aryl methyl sites for hydroxylation is 1. The molecule has 0 radical (unpaired) electrons. The van der Waals surface area contributed by atoms with Crippen molar-refractivity contribution in [1.29, 1.82) is 0 Å². The number of hydrogen-bond acceptors (Lipinski definition) is 5. The summed E-state index contributed by atoms with van der Waals surface area (Å²) in [6, 6.07) is 11.2. The predicted octanol–water partition coefficient (Wildman–Crippen LogP) is 2.96. The molecule has 2 fully saturated rings. The van der Waals surface area contributed by atoms with Gasteiger partial charge in [0.2, 0.25) is 0 Å². The molecule has 2 N–H and O–H groups in total. The van der Waals surface area contributed by atoms with Gasteiger partial charge in [0.1, 0.15) is 5.69 Å². The number of nitrogens with one attached hydrogen (secondary N) is 1. The van der Waals surface area contributed by atoms with Crippen molar-refractivity contribution in [3.05, 3.63) is 36.0 Å². The second-order valence-electron chi connectivity index (χ2n) is 7.25. The van der Waals surface area contributed by atoms with Gasteiger partial charge in [-0.05, 0) is 32.6 Å². The van der Waals surface area contributed by atoms with Crippen molar-refractivity contribution in [3.8, 4) is 17.0 Å². The van der Waals surface area contributed by atoms with Gasteiger partial charge >= 0.3 is 0 Å². The largest absolute Gasteiger partial charge is 0.505 e. The minimum atomic E-state index is 0.178. The Morgan fingerprint density at radius 1 is 1.08 bits per heavy atom. The summed E-state index contributed by atoms with van der Waals surface area (Å²) in [5.41, 5.74) is 2.88. The molecule has 0 spiro atoms. The van der Waals surface area contributed by atoms with Crippen LogP contribution in [0.1, 0.15) is 37.4 Å². The van der Waals surface area contributed by atoms with E-state index in [1.165, 1.54) is 12.8 Å². The van der Waals surface area contributed by atoms with Crippen LogP contribution in [-0.4, -0.2) is 37.2 Å². The average molecular weight is 335 g/mol. The highest BCUT2D eigenvalue weighted by Crippen LogP contribution is 2.39. The third kappa shape index (κ3) is 2.32. The van der Waals surface area contributed by atoms with Gasteiger partial charge in [-0.2, -0.15) is 5.10 Å². The third-order valence-electron chi connectivity index (χ3n) is 5.61. The van der Waals surface area contributed by atoms with E-state index in [-0.39, 0.29) is 5.75 Å². The Labute approximate surface area is 145 Å². The number of aromatic nitrogens is 4. The molecule has 2 aromatic heterocycles. The summed E-state index contributed by atoms with van der Waals surface area (Å²) in [6.45, 7) is 1.94. The van der Waals surface area contributed by atoms with Crippen molar-refractivity contribution < 1.29 is 5.11 Å². The lowest BCUT2D eigenvalue weighted by molar-refractivity contribution is 0.285. The van der Waals surface area contributed by atoms with Crippen LogP contribution < -0.4 is 5.32 Å². The minimum absolute atomic E-state index is 0.178. The van der Waals surface area contributed by atoms with E-state index < -0.39 is 0 Å². The molecule has 2 aliphatic heterocycles. The van der Waals surface area contributed by atoms with Crippen molar-refractivity contribution in [2.24, 2.45) is 0 Å². The zero-order valence-electron chi connectivity index (χ0n) is 14.2. The first-order valence-electron chi connectivity index (χ1n) is 8.96. The molecule has 25 heavy (non-hydrogen) atoms. The summed E-state index contributed by atoms with van der Waals surface area (Å²) in [6.07, 6.45) is 4.62. The molecule has 5 rings (SSSR count). The van der Waals surface area contributed by atoms with Crippen molar-refractivity contribution >= 4 is 11.0 Å². The minimum Gasteiger partial charge on any atom is -0.505 e. The average Bonchev–Trinajstić information content (AvgIpc) is 3.15. The first-order valence-corrected chi connectivity index (χ1v) is 8.96. The first-order chi connectivity index (χ1) is 12.2. The fourth-order valence-electron chi connectivity index (χ4n) is 4.44. The molecule has 1 aromatic carbocycles. The summed E-state index contributed by atoms with van der Waals surface area (Å²) in [5, 5.41) is 28.7. The molecule has 3 atom stereocenters. The first kappa shape index (κ1) is 14.8. The van der Waals surface area contributed by atoms with Crippen LogP contribution >= 0.6 is 0 Å².